The van der Waals surface area contributed by atoms with Gasteiger partial charge >= 0.3 is 0 Å². The molecule has 27 heavy (non-hydrogen) atoms. The fourth-order valence-electron chi connectivity index (χ4n) is 2.90. The van der Waals surface area contributed by atoms with E-state index in [2.05, 4.69) is 5.10 Å². The Hall–Kier alpha value is -2.87. The highest BCUT2D eigenvalue weighted by molar-refractivity contribution is 6.33. The summed E-state index contributed by atoms with van der Waals surface area (Å²) in [5, 5.41) is 3.67. The maximum Gasteiger partial charge on any atom is 0.282 e. The monoisotopic (exact) mass is 397 g/mol. The number of rotatable bonds is 4. The number of hydrogen-bond donors (Lipinski definition) is 1. The zero-order valence-corrected chi connectivity index (χ0v) is 14.6. The van der Waals surface area contributed by atoms with Crippen LogP contribution in [0.3, 0.4) is 0 Å². The van der Waals surface area contributed by atoms with Gasteiger partial charge < -0.3 is 5.73 Å². The quantitative estimate of drug-likeness (QED) is 0.647. The van der Waals surface area contributed by atoms with Gasteiger partial charge in [0.1, 0.15) is 17.3 Å². The molecule has 140 valence electrons. The molecule has 2 aromatic carbocycles. The largest absolute Gasteiger partial charge is 0.365 e. The molecular weight excluding hydrogens is 386 g/mol. The zero-order valence-electron chi connectivity index (χ0n) is 13.8. The number of amides is 1. The van der Waals surface area contributed by atoms with Crippen LogP contribution < -0.4 is 5.73 Å². The molecule has 0 saturated heterocycles. The molecule has 0 aliphatic carbocycles. The minimum absolute atomic E-state index is 0.0151. The number of hydrogen-bond acceptors (Lipinski definition) is 2. The molecule has 0 saturated carbocycles. The van der Waals surface area contributed by atoms with Crippen molar-refractivity contribution in [3.05, 3.63) is 64.3 Å². The third-order valence-electron chi connectivity index (χ3n) is 3.99. The number of benzene rings is 2. The standard InChI is InChI=1S/C18H12ClF4N3O/c1-26-16(14(18(24)27)15(25-26)17(22)23)11-5-3-8(20)6-12(11)10-4-2-9(21)7-13(10)19/h2-7,17H,1H3,(H2,24,27). The van der Waals surface area contributed by atoms with Crippen molar-refractivity contribution in [2.24, 2.45) is 12.8 Å². The molecule has 4 nitrogen and oxygen atoms in total. The number of alkyl halides is 2. The molecule has 2 N–H and O–H groups in total. The first-order chi connectivity index (χ1) is 12.7. The van der Waals surface area contributed by atoms with Crippen molar-refractivity contribution in [1.82, 2.24) is 9.78 Å². The molecule has 0 bridgehead atoms. The summed E-state index contributed by atoms with van der Waals surface area (Å²) in [6, 6.07) is 6.98. The fraction of sp³-hybridized carbons (Fsp3) is 0.111. The number of primary amides is 1. The highest BCUT2D eigenvalue weighted by atomic mass is 35.5. The topological polar surface area (TPSA) is 60.9 Å². The van der Waals surface area contributed by atoms with Gasteiger partial charge in [-0.1, -0.05) is 11.6 Å². The summed E-state index contributed by atoms with van der Waals surface area (Å²) in [4.78, 5) is 11.8. The molecule has 0 aliphatic rings. The van der Waals surface area contributed by atoms with Crippen LogP contribution in [-0.4, -0.2) is 15.7 Å². The van der Waals surface area contributed by atoms with E-state index in [9.17, 15) is 22.4 Å². The van der Waals surface area contributed by atoms with Crippen LogP contribution in [0.4, 0.5) is 17.6 Å². The van der Waals surface area contributed by atoms with Crippen molar-refractivity contribution in [2.75, 3.05) is 0 Å². The van der Waals surface area contributed by atoms with Crippen molar-refractivity contribution in [2.45, 2.75) is 6.43 Å². The Morgan fingerprint density at radius 1 is 1.07 bits per heavy atom. The summed E-state index contributed by atoms with van der Waals surface area (Å²) < 4.78 is 54.9. The molecule has 3 aromatic rings. The molecule has 1 aromatic heterocycles. The van der Waals surface area contributed by atoms with Crippen LogP contribution in [0.15, 0.2) is 36.4 Å². The maximum atomic E-state index is 13.9. The molecular formula is C18H12ClF4N3O. The van der Waals surface area contributed by atoms with Crippen molar-refractivity contribution in [3.8, 4) is 22.4 Å². The van der Waals surface area contributed by atoms with Crippen molar-refractivity contribution < 1.29 is 22.4 Å². The predicted octanol–water partition coefficient (Wildman–Crippen LogP) is 4.72. The molecule has 0 atom stereocenters. The van der Waals surface area contributed by atoms with Crippen LogP contribution in [0.25, 0.3) is 22.4 Å². The van der Waals surface area contributed by atoms with Crippen molar-refractivity contribution >= 4 is 17.5 Å². The second-order valence-corrected chi connectivity index (χ2v) is 6.12. The second-order valence-electron chi connectivity index (χ2n) is 5.71. The van der Waals surface area contributed by atoms with E-state index in [1.165, 1.54) is 19.2 Å². The van der Waals surface area contributed by atoms with Crippen LogP contribution in [-0.2, 0) is 7.05 Å². The van der Waals surface area contributed by atoms with Gasteiger partial charge in [-0.05, 0) is 42.0 Å². The summed E-state index contributed by atoms with van der Waals surface area (Å²) in [5.74, 6) is -2.33. The van der Waals surface area contributed by atoms with Gasteiger partial charge in [-0.15, -0.1) is 0 Å². The normalized spacial score (nSPS) is 11.2. The van der Waals surface area contributed by atoms with Crippen molar-refractivity contribution in [3.63, 3.8) is 0 Å². The molecule has 0 spiro atoms. The minimum Gasteiger partial charge on any atom is -0.365 e. The van der Waals surface area contributed by atoms with E-state index >= 15 is 0 Å². The van der Waals surface area contributed by atoms with Gasteiger partial charge in [0.2, 0.25) is 0 Å². The lowest BCUT2D eigenvalue weighted by Crippen LogP contribution is -2.14. The van der Waals surface area contributed by atoms with Gasteiger partial charge in [-0.3, -0.25) is 9.48 Å². The SMILES string of the molecule is Cn1nc(C(F)F)c(C(N)=O)c1-c1ccc(F)cc1-c1ccc(F)cc1Cl. The Kier molecular flexibility index (Phi) is 4.93. The Bertz CT molecular complexity index is 1050. The Morgan fingerprint density at radius 3 is 2.22 bits per heavy atom. The lowest BCUT2D eigenvalue weighted by molar-refractivity contribution is 0.0985. The average molecular weight is 398 g/mol. The molecule has 0 aliphatic heterocycles. The highest BCUT2D eigenvalue weighted by Gasteiger charge is 2.29. The van der Waals surface area contributed by atoms with Crippen LogP contribution in [0, 0.1) is 11.6 Å². The van der Waals surface area contributed by atoms with Gasteiger partial charge in [-0.25, -0.2) is 17.6 Å². The first-order valence-corrected chi connectivity index (χ1v) is 7.98. The third kappa shape index (κ3) is 3.40. The highest BCUT2D eigenvalue weighted by Crippen LogP contribution is 2.39. The first kappa shape index (κ1) is 18.9. The van der Waals surface area contributed by atoms with Gasteiger partial charge in [0.15, 0.2) is 0 Å². The lowest BCUT2D eigenvalue weighted by atomic mass is 9.94. The van der Waals surface area contributed by atoms with Gasteiger partial charge in [0.25, 0.3) is 12.3 Å². The van der Waals surface area contributed by atoms with E-state index in [-0.39, 0.29) is 27.4 Å². The molecule has 1 heterocycles. The summed E-state index contributed by atoms with van der Waals surface area (Å²) in [5.41, 5.74) is 4.65. The molecule has 9 heteroatoms. The van der Waals surface area contributed by atoms with Crippen LogP contribution in [0.2, 0.25) is 5.02 Å². The Labute approximate surface area is 156 Å². The van der Waals surface area contributed by atoms with Crippen LogP contribution in [0.1, 0.15) is 22.5 Å². The van der Waals surface area contributed by atoms with E-state index in [1.807, 2.05) is 0 Å². The van der Waals surface area contributed by atoms with E-state index in [0.717, 1.165) is 28.9 Å². The summed E-state index contributed by atoms with van der Waals surface area (Å²) >= 11 is 6.08. The minimum atomic E-state index is -3.04. The summed E-state index contributed by atoms with van der Waals surface area (Å²) in [7, 11) is 1.35. The number of aromatic nitrogens is 2. The molecule has 0 unspecified atom stereocenters. The van der Waals surface area contributed by atoms with Crippen LogP contribution in [0.5, 0.6) is 0 Å². The number of nitrogens with two attached hydrogens (primary N) is 1. The van der Waals surface area contributed by atoms with E-state index < -0.39 is 35.2 Å². The third-order valence-corrected chi connectivity index (χ3v) is 4.30. The van der Waals surface area contributed by atoms with Gasteiger partial charge in [-0.2, -0.15) is 5.10 Å². The maximum absolute atomic E-state index is 13.9. The fourth-order valence-corrected chi connectivity index (χ4v) is 3.17. The van der Waals surface area contributed by atoms with E-state index in [4.69, 9.17) is 17.3 Å². The molecule has 0 fully saturated rings. The average Bonchev–Trinajstić information content (AvgIpc) is 2.92. The second kappa shape index (κ2) is 7.03. The number of carbonyl (C=O) groups excluding carboxylic acids is 1. The lowest BCUT2D eigenvalue weighted by Gasteiger charge is -2.13. The summed E-state index contributed by atoms with van der Waals surface area (Å²) in [6.45, 7) is 0. The number of halogens is 5. The van der Waals surface area contributed by atoms with E-state index in [1.54, 1.807) is 0 Å². The van der Waals surface area contributed by atoms with Crippen molar-refractivity contribution in [1.29, 1.82) is 0 Å². The Morgan fingerprint density at radius 2 is 1.67 bits per heavy atom. The van der Waals surface area contributed by atoms with Crippen LogP contribution >= 0.6 is 11.6 Å². The molecule has 3 rings (SSSR count). The Balaban J connectivity index is 2.36. The first-order valence-electron chi connectivity index (χ1n) is 7.61. The van der Waals surface area contributed by atoms with E-state index in [0.29, 0.717) is 0 Å². The number of carbonyl (C=O) groups is 1. The zero-order chi connectivity index (χ0) is 19.9. The van der Waals surface area contributed by atoms with Gasteiger partial charge in [0.05, 0.1) is 16.3 Å². The number of aryl methyl sites for hydroxylation is 1. The smallest absolute Gasteiger partial charge is 0.282 e. The number of nitrogens with zero attached hydrogens (tertiary/aromatic N) is 2. The molecule has 1 amide bonds. The summed E-state index contributed by atoms with van der Waals surface area (Å²) in [6.07, 6.45) is -3.04. The molecule has 0 radical (unpaired) electrons. The predicted molar refractivity (Wildman–Crippen MR) is 92.5 cm³/mol. The van der Waals surface area contributed by atoms with Gasteiger partial charge in [0, 0.05) is 18.2 Å².